The SMILES string of the molecule is CNCC1CCCN(Cc2c(C)nn(C)c2OC)C1. The molecule has 1 N–H and O–H groups in total. The van der Waals surface area contributed by atoms with E-state index in [0.717, 1.165) is 30.6 Å². The minimum absolute atomic E-state index is 0.765. The van der Waals surface area contributed by atoms with Crippen LogP contribution in [0.25, 0.3) is 0 Å². The van der Waals surface area contributed by atoms with Crippen LogP contribution < -0.4 is 10.1 Å². The van der Waals surface area contributed by atoms with Gasteiger partial charge in [0.1, 0.15) is 0 Å². The zero-order chi connectivity index (χ0) is 13.8. The molecule has 108 valence electrons. The second-order valence-electron chi connectivity index (χ2n) is 5.50. The molecule has 0 spiro atoms. The predicted octanol–water partition coefficient (Wildman–Crippen LogP) is 1.17. The number of methoxy groups -OCH3 is 1. The largest absolute Gasteiger partial charge is 0.481 e. The Labute approximate surface area is 115 Å². The van der Waals surface area contributed by atoms with Crippen LogP contribution in [0.2, 0.25) is 0 Å². The third-order valence-corrected chi connectivity index (χ3v) is 3.96. The van der Waals surface area contributed by atoms with Crippen LogP contribution in [0.4, 0.5) is 0 Å². The lowest BCUT2D eigenvalue weighted by Crippen LogP contribution is -2.38. The molecule has 0 radical (unpaired) electrons. The lowest BCUT2D eigenvalue weighted by molar-refractivity contribution is 0.165. The van der Waals surface area contributed by atoms with Crippen molar-refractivity contribution in [3.63, 3.8) is 0 Å². The van der Waals surface area contributed by atoms with Crippen LogP contribution >= 0.6 is 0 Å². The second kappa shape index (κ2) is 6.39. The molecular formula is C14H26N4O. The van der Waals surface area contributed by atoms with Crippen molar-refractivity contribution < 1.29 is 4.74 Å². The fourth-order valence-corrected chi connectivity index (χ4v) is 3.09. The summed E-state index contributed by atoms with van der Waals surface area (Å²) in [5.74, 6) is 1.66. The Balaban J connectivity index is 2.04. The first-order valence-electron chi connectivity index (χ1n) is 7.09. The van der Waals surface area contributed by atoms with Gasteiger partial charge in [-0.15, -0.1) is 0 Å². The number of rotatable bonds is 5. The van der Waals surface area contributed by atoms with Gasteiger partial charge in [0.2, 0.25) is 5.88 Å². The van der Waals surface area contributed by atoms with Gasteiger partial charge in [-0.1, -0.05) is 0 Å². The molecule has 1 fully saturated rings. The summed E-state index contributed by atoms with van der Waals surface area (Å²) in [6, 6.07) is 0. The second-order valence-corrected chi connectivity index (χ2v) is 5.50. The number of hydrogen-bond acceptors (Lipinski definition) is 4. The Morgan fingerprint density at radius 2 is 2.26 bits per heavy atom. The monoisotopic (exact) mass is 266 g/mol. The van der Waals surface area contributed by atoms with E-state index in [4.69, 9.17) is 4.74 Å². The van der Waals surface area contributed by atoms with Gasteiger partial charge in [0.25, 0.3) is 0 Å². The first-order valence-corrected chi connectivity index (χ1v) is 7.09. The molecule has 1 unspecified atom stereocenters. The molecule has 0 amide bonds. The van der Waals surface area contributed by atoms with Gasteiger partial charge in [-0.3, -0.25) is 4.90 Å². The van der Waals surface area contributed by atoms with Gasteiger partial charge in [0.05, 0.1) is 18.4 Å². The summed E-state index contributed by atoms with van der Waals surface area (Å²) in [5.41, 5.74) is 2.31. The first kappa shape index (κ1) is 14.3. The van der Waals surface area contributed by atoms with Crippen LogP contribution in [0.1, 0.15) is 24.1 Å². The fourth-order valence-electron chi connectivity index (χ4n) is 3.09. The van der Waals surface area contributed by atoms with Gasteiger partial charge in [-0.05, 0) is 45.8 Å². The molecule has 1 saturated heterocycles. The van der Waals surface area contributed by atoms with Crippen molar-refractivity contribution in [1.82, 2.24) is 20.0 Å². The molecule has 0 saturated carbocycles. The van der Waals surface area contributed by atoms with E-state index in [2.05, 4.69) is 22.2 Å². The quantitative estimate of drug-likeness (QED) is 0.869. The van der Waals surface area contributed by atoms with Gasteiger partial charge >= 0.3 is 0 Å². The smallest absolute Gasteiger partial charge is 0.216 e. The molecule has 1 atom stereocenters. The van der Waals surface area contributed by atoms with Crippen molar-refractivity contribution in [1.29, 1.82) is 0 Å². The molecule has 5 nitrogen and oxygen atoms in total. The van der Waals surface area contributed by atoms with Crippen molar-refractivity contribution in [2.75, 3.05) is 33.8 Å². The first-order chi connectivity index (χ1) is 9.15. The molecule has 2 rings (SSSR count). The van der Waals surface area contributed by atoms with E-state index in [0.29, 0.717) is 0 Å². The maximum absolute atomic E-state index is 5.47. The highest BCUT2D eigenvalue weighted by Crippen LogP contribution is 2.25. The normalized spacial score (nSPS) is 20.7. The van der Waals surface area contributed by atoms with E-state index in [1.807, 2.05) is 18.8 Å². The molecule has 1 aromatic heterocycles. The summed E-state index contributed by atoms with van der Waals surface area (Å²) >= 11 is 0. The third-order valence-electron chi connectivity index (χ3n) is 3.96. The predicted molar refractivity (Wildman–Crippen MR) is 76.4 cm³/mol. The number of nitrogens with one attached hydrogen (secondary N) is 1. The van der Waals surface area contributed by atoms with Crippen molar-refractivity contribution in [3.8, 4) is 5.88 Å². The van der Waals surface area contributed by atoms with Gasteiger partial charge in [-0.2, -0.15) is 5.10 Å². The van der Waals surface area contributed by atoms with Gasteiger partial charge in [0.15, 0.2) is 0 Å². The number of ether oxygens (including phenoxy) is 1. The highest BCUT2D eigenvalue weighted by atomic mass is 16.5. The van der Waals surface area contributed by atoms with Crippen molar-refractivity contribution in [2.45, 2.75) is 26.3 Å². The molecule has 2 heterocycles. The average molecular weight is 266 g/mol. The lowest BCUT2D eigenvalue weighted by atomic mass is 9.97. The van der Waals surface area contributed by atoms with E-state index in [1.165, 1.54) is 31.5 Å². The molecule has 1 aliphatic heterocycles. The number of hydrogen-bond donors (Lipinski definition) is 1. The zero-order valence-corrected chi connectivity index (χ0v) is 12.6. The Morgan fingerprint density at radius 3 is 2.95 bits per heavy atom. The van der Waals surface area contributed by atoms with E-state index < -0.39 is 0 Å². The van der Waals surface area contributed by atoms with E-state index in [-0.39, 0.29) is 0 Å². The maximum atomic E-state index is 5.47. The van der Waals surface area contributed by atoms with E-state index >= 15 is 0 Å². The molecule has 0 bridgehead atoms. The highest BCUT2D eigenvalue weighted by Gasteiger charge is 2.22. The maximum Gasteiger partial charge on any atom is 0.216 e. The van der Waals surface area contributed by atoms with Crippen LogP contribution in [-0.4, -0.2) is 48.5 Å². The van der Waals surface area contributed by atoms with Crippen molar-refractivity contribution in [2.24, 2.45) is 13.0 Å². The van der Waals surface area contributed by atoms with Crippen LogP contribution in [0.3, 0.4) is 0 Å². The molecule has 5 heteroatoms. The molecular weight excluding hydrogens is 240 g/mol. The van der Waals surface area contributed by atoms with Gasteiger partial charge in [-0.25, -0.2) is 4.68 Å². The number of nitrogens with zero attached hydrogens (tertiary/aromatic N) is 3. The van der Waals surface area contributed by atoms with Crippen molar-refractivity contribution >= 4 is 0 Å². The van der Waals surface area contributed by atoms with Crippen molar-refractivity contribution in [3.05, 3.63) is 11.3 Å². The summed E-state index contributed by atoms with van der Waals surface area (Å²) in [4.78, 5) is 2.53. The van der Waals surface area contributed by atoms with E-state index in [1.54, 1.807) is 7.11 Å². The standard InChI is InChI=1S/C14H26N4O/c1-11-13(14(19-4)17(3)16-11)10-18-7-5-6-12(9-18)8-15-2/h12,15H,5-10H2,1-4H3. The average Bonchev–Trinajstić information content (AvgIpc) is 2.65. The fraction of sp³-hybridized carbons (Fsp3) is 0.786. The summed E-state index contributed by atoms with van der Waals surface area (Å²) in [5, 5.41) is 7.75. The minimum atomic E-state index is 0.765. The molecule has 1 aliphatic rings. The Morgan fingerprint density at radius 1 is 1.47 bits per heavy atom. The summed E-state index contributed by atoms with van der Waals surface area (Å²) < 4.78 is 7.31. The van der Waals surface area contributed by atoms with Gasteiger partial charge in [0, 0.05) is 20.1 Å². The highest BCUT2D eigenvalue weighted by molar-refractivity contribution is 5.30. The van der Waals surface area contributed by atoms with Crippen LogP contribution in [-0.2, 0) is 13.6 Å². The summed E-state index contributed by atoms with van der Waals surface area (Å²) in [7, 11) is 5.70. The Bertz CT molecular complexity index is 414. The van der Waals surface area contributed by atoms with Crippen LogP contribution in [0, 0.1) is 12.8 Å². The molecule has 1 aromatic rings. The number of piperidine rings is 1. The molecule has 19 heavy (non-hydrogen) atoms. The zero-order valence-electron chi connectivity index (χ0n) is 12.6. The summed E-state index contributed by atoms with van der Waals surface area (Å²) in [6.07, 6.45) is 2.62. The summed E-state index contributed by atoms with van der Waals surface area (Å²) in [6.45, 7) is 6.46. The molecule has 0 aromatic carbocycles. The van der Waals surface area contributed by atoms with Crippen LogP contribution in [0.15, 0.2) is 0 Å². The number of aryl methyl sites for hydroxylation is 2. The topological polar surface area (TPSA) is 42.3 Å². The Kier molecular flexibility index (Phi) is 4.82. The third kappa shape index (κ3) is 3.28. The number of aromatic nitrogens is 2. The Hall–Kier alpha value is -1.07. The number of likely N-dealkylation sites (tertiary alicyclic amines) is 1. The van der Waals surface area contributed by atoms with Gasteiger partial charge < -0.3 is 10.1 Å². The van der Waals surface area contributed by atoms with Crippen LogP contribution in [0.5, 0.6) is 5.88 Å². The minimum Gasteiger partial charge on any atom is -0.481 e. The molecule has 0 aliphatic carbocycles. The lowest BCUT2D eigenvalue weighted by Gasteiger charge is -2.32. The van der Waals surface area contributed by atoms with E-state index in [9.17, 15) is 0 Å².